The van der Waals surface area contributed by atoms with Crippen molar-refractivity contribution >= 4 is 35.0 Å². The fourth-order valence-electron chi connectivity index (χ4n) is 2.43. The number of thioether (sulfide) groups is 1. The largest absolute Gasteiger partial charge is 0.388 e. The highest BCUT2D eigenvalue weighted by atomic mass is 35.5. The predicted molar refractivity (Wildman–Crippen MR) is 96.3 cm³/mol. The lowest BCUT2D eigenvalue weighted by Crippen LogP contribution is -2.23. The van der Waals surface area contributed by atoms with Crippen LogP contribution in [0.5, 0.6) is 0 Å². The van der Waals surface area contributed by atoms with Gasteiger partial charge in [-0.2, -0.15) is 0 Å². The number of aliphatic hydroxyl groups is 1. The van der Waals surface area contributed by atoms with E-state index in [0.717, 1.165) is 16.0 Å². The second kappa shape index (κ2) is 8.23. The van der Waals surface area contributed by atoms with Crippen LogP contribution in [0.3, 0.4) is 0 Å². The Morgan fingerprint density at radius 2 is 1.86 bits per heavy atom. The number of hydrogen-bond acceptors (Lipinski definition) is 3. The summed E-state index contributed by atoms with van der Waals surface area (Å²) >= 11 is 13.8. The van der Waals surface area contributed by atoms with E-state index in [0.29, 0.717) is 16.6 Å². The lowest BCUT2D eigenvalue weighted by atomic mass is 9.89. The maximum absolute atomic E-state index is 10.8. The van der Waals surface area contributed by atoms with Gasteiger partial charge in [0.25, 0.3) is 0 Å². The number of rotatable bonds is 6. The summed E-state index contributed by atoms with van der Waals surface area (Å²) in [5.74, 6) is -0.100. The number of likely N-dealkylation sites (N-methyl/N-ethyl adjacent to an activating group) is 1. The van der Waals surface area contributed by atoms with Gasteiger partial charge in [-0.3, -0.25) is 0 Å². The smallest absolute Gasteiger partial charge is 0.0871 e. The first kappa shape index (κ1) is 17.6. The molecule has 5 heteroatoms. The van der Waals surface area contributed by atoms with E-state index in [9.17, 15) is 5.11 Å². The summed E-state index contributed by atoms with van der Waals surface area (Å²) in [6.07, 6.45) is 1.41. The Labute approximate surface area is 145 Å². The van der Waals surface area contributed by atoms with Crippen LogP contribution in [0, 0.1) is 0 Å². The van der Waals surface area contributed by atoms with Gasteiger partial charge >= 0.3 is 0 Å². The Morgan fingerprint density at radius 3 is 2.50 bits per heavy atom. The molecule has 2 rings (SSSR count). The van der Waals surface area contributed by atoms with Crippen molar-refractivity contribution in [1.29, 1.82) is 0 Å². The molecule has 0 heterocycles. The predicted octanol–water partition coefficient (Wildman–Crippen LogP) is 4.75. The average Bonchev–Trinajstić information content (AvgIpc) is 2.54. The third-order valence-corrected chi connectivity index (χ3v) is 5.08. The summed E-state index contributed by atoms with van der Waals surface area (Å²) < 4.78 is 0. The molecule has 0 fully saturated rings. The van der Waals surface area contributed by atoms with Crippen molar-refractivity contribution in [2.75, 3.05) is 19.8 Å². The Morgan fingerprint density at radius 1 is 1.09 bits per heavy atom. The fraction of sp³-hybridized carbons (Fsp3) is 0.294. The van der Waals surface area contributed by atoms with E-state index in [1.54, 1.807) is 17.8 Å². The molecule has 0 aliphatic heterocycles. The molecule has 22 heavy (non-hydrogen) atoms. The zero-order chi connectivity index (χ0) is 16.1. The van der Waals surface area contributed by atoms with Crippen LogP contribution in [-0.2, 0) is 0 Å². The van der Waals surface area contributed by atoms with Gasteiger partial charge in [0, 0.05) is 17.4 Å². The number of nitrogens with one attached hydrogen (secondary N) is 1. The van der Waals surface area contributed by atoms with E-state index >= 15 is 0 Å². The molecule has 2 nitrogen and oxygen atoms in total. The van der Waals surface area contributed by atoms with Crippen LogP contribution in [0.15, 0.2) is 47.4 Å². The van der Waals surface area contributed by atoms with E-state index < -0.39 is 6.10 Å². The highest BCUT2D eigenvalue weighted by Crippen LogP contribution is 2.34. The Hall–Kier alpha value is -0.710. The Bertz CT molecular complexity index is 636. The van der Waals surface area contributed by atoms with Gasteiger partial charge in [-0.1, -0.05) is 41.4 Å². The summed E-state index contributed by atoms with van der Waals surface area (Å²) in [5, 5.41) is 15.0. The normalized spacial score (nSPS) is 13.9. The Kier molecular flexibility index (Phi) is 6.60. The second-order valence-corrected chi connectivity index (χ2v) is 6.75. The summed E-state index contributed by atoms with van der Waals surface area (Å²) in [4.78, 5) is 1.13. The van der Waals surface area contributed by atoms with Crippen molar-refractivity contribution in [2.24, 2.45) is 0 Å². The maximum Gasteiger partial charge on any atom is 0.0871 e. The molecule has 0 saturated carbocycles. The summed E-state index contributed by atoms with van der Waals surface area (Å²) in [6, 6.07) is 13.5. The van der Waals surface area contributed by atoms with E-state index in [1.807, 2.05) is 49.7 Å². The van der Waals surface area contributed by atoms with E-state index in [-0.39, 0.29) is 5.92 Å². The molecule has 2 unspecified atom stereocenters. The molecule has 0 aliphatic carbocycles. The van der Waals surface area contributed by atoms with Crippen molar-refractivity contribution in [1.82, 2.24) is 5.32 Å². The average molecular weight is 356 g/mol. The zero-order valence-electron chi connectivity index (χ0n) is 12.5. The maximum atomic E-state index is 10.8. The highest BCUT2D eigenvalue weighted by Gasteiger charge is 2.23. The number of hydrogen-bond donors (Lipinski definition) is 2. The minimum absolute atomic E-state index is 0.100. The van der Waals surface area contributed by atoms with E-state index in [4.69, 9.17) is 23.2 Å². The van der Waals surface area contributed by atoms with Crippen LogP contribution >= 0.6 is 35.0 Å². The van der Waals surface area contributed by atoms with Gasteiger partial charge in [-0.15, -0.1) is 11.8 Å². The van der Waals surface area contributed by atoms with Crippen molar-refractivity contribution < 1.29 is 5.11 Å². The van der Waals surface area contributed by atoms with Crippen LogP contribution in [0.4, 0.5) is 0 Å². The lowest BCUT2D eigenvalue weighted by Gasteiger charge is -2.24. The van der Waals surface area contributed by atoms with Gasteiger partial charge in [0.05, 0.1) is 16.1 Å². The van der Waals surface area contributed by atoms with Gasteiger partial charge in [0.1, 0.15) is 0 Å². The Balaban J connectivity index is 2.35. The number of aliphatic hydroxyl groups excluding tert-OH is 1. The molecule has 0 aliphatic rings. The topological polar surface area (TPSA) is 32.3 Å². The molecule has 2 atom stereocenters. The van der Waals surface area contributed by atoms with Gasteiger partial charge in [-0.05, 0) is 48.7 Å². The molecule has 2 aromatic rings. The van der Waals surface area contributed by atoms with Crippen LogP contribution in [-0.4, -0.2) is 25.0 Å². The molecule has 2 N–H and O–H groups in total. The van der Waals surface area contributed by atoms with Crippen molar-refractivity contribution in [3.8, 4) is 0 Å². The summed E-state index contributed by atoms with van der Waals surface area (Å²) in [5.41, 5.74) is 1.86. The molecule has 2 aromatic carbocycles. The van der Waals surface area contributed by atoms with Crippen molar-refractivity contribution in [2.45, 2.75) is 16.9 Å². The molecule has 0 bridgehead atoms. The quantitative estimate of drug-likeness (QED) is 0.733. The third-order valence-electron chi connectivity index (χ3n) is 3.61. The molecule has 0 aromatic heterocycles. The zero-order valence-corrected chi connectivity index (χ0v) is 14.8. The fourth-order valence-corrected chi connectivity index (χ4v) is 3.21. The number of halogens is 2. The number of benzene rings is 2. The standard InChI is InChI=1S/C17H19Cl2NOS/c1-20-10-14(11-6-7-15(18)16(19)9-11)17(21)12-4-3-5-13(8-12)22-2/h3-9,14,17,20-21H,10H2,1-2H3. The molecule has 118 valence electrons. The monoisotopic (exact) mass is 355 g/mol. The van der Waals surface area contributed by atoms with E-state index in [1.165, 1.54) is 0 Å². The van der Waals surface area contributed by atoms with Crippen LogP contribution in [0.25, 0.3) is 0 Å². The molecule has 0 spiro atoms. The molecule has 0 radical (unpaired) electrons. The highest BCUT2D eigenvalue weighted by molar-refractivity contribution is 7.98. The van der Waals surface area contributed by atoms with Crippen LogP contribution < -0.4 is 5.32 Å². The first-order chi connectivity index (χ1) is 10.6. The van der Waals surface area contributed by atoms with Crippen LogP contribution in [0.2, 0.25) is 10.0 Å². The van der Waals surface area contributed by atoms with Gasteiger partial charge in [-0.25, -0.2) is 0 Å². The molecular formula is C17H19Cl2NOS. The van der Waals surface area contributed by atoms with Gasteiger partial charge < -0.3 is 10.4 Å². The van der Waals surface area contributed by atoms with Gasteiger partial charge in [0.15, 0.2) is 0 Å². The van der Waals surface area contributed by atoms with Gasteiger partial charge in [0.2, 0.25) is 0 Å². The minimum Gasteiger partial charge on any atom is -0.388 e. The lowest BCUT2D eigenvalue weighted by molar-refractivity contribution is 0.144. The third kappa shape index (κ3) is 4.18. The first-order valence-corrected chi connectivity index (χ1v) is 8.96. The second-order valence-electron chi connectivity index (χ2n) is 5.06. The van der Waals surface area contributed by atoms with E-state index in [2.05, 4.69) is 5.32 Å². The summed E-state index contributed by atoms with van der Waals surface area (Å²) in [7, 11) is 1.87. The first-order valence-electron chi connectivity index (χ1n) is 6.98. The minimum atomic E-state index is -0.614. The van der Waals surface area contributed by atoms with Crippen molar-refractivity contribution in [3.05, 3.63) is 63.6 Å². The molecular weight excluding hydrogens is 337 g/mol. The summed E-state index contributed by atoms with van der Waals surface area (Å²) in [6.45, 7) is 0.641. The van der Waals surface area contributed by atoms with Crippen molar-refractivity contribution in [3.63, 3.8) is 0 Å². The molecule has 0 amide bonds. The molecule has 0 saturated heterocycles. The van der Waals surface area contributed by atoms with Crippen LogP contribution in [0.1, 0.15) is 23.1 Å². The SMILES string of the molecule is CNCC(c1ccc(Cl)c(Cl)c1)C(O)c1cccc(SC)c1.